The van der Waals surface area contributed by atoms with E-state index in [2.05, 4.69) is 0 Å². The van der Waals surface area contributed by atoms with Gasteiger partial charge in [-0.2, -0.15) is 0 Å². The van der Waals surface area contributed by atoms with Gasteiger partial charge in [-0.25, -0.2) is 0 Å². The highest BCUT2D eigenvalue weighted by Gasteiger charge is 2.07. The summed E-state index contributed by atoms with van der Waals surface area (Å²) < 4.78 is 0. The van der Waals surface area contributed by atoms with Gasteiger partial charge in [-0.1, -0.05) is 425 Å². The van der Waals surface area contributed by atoms with E-state index in [0.29, 0.717) is 0 Å². The molecular weight excluding hydrogens is 897 g/mol. The van der Waals surface area contributed by atoms with E-state index in [-0.39, 0.29) is 0 Å². The quantitative estimate of drug-likeness (QED) is 0.284. The highest BCUT2D eigenvalue weighted by atomic mass is 16.4. The number of carbonyl (C=O) groups is 1. The molecule has 0 heterocycles. The Morgan fingerprint density at radius 3 is 0.284 bits per heavy atom. The molecule has 74 heavy (non-hydrogen) atoms. The summed E-state index contributed by atoms with van der Waals surface area (Å²) in [5, 5.41) is 9.55. The third kappa shape index (κ3) is 51.8. The molecule has 0 aromatic carbocycles. The molecule has 0 fully saturated rings. The molecule has 0 aliphatic heterocycles. The fraction of sp³-hybridized carbons (Fsp3) is 0.0139. The van der Waals surface area contributed by atoms with Gasteiger partial charge in [0.25, 0.3) is 0 Å². The van der Waals surface area contributed by atoms with Crippen LogP contribution in [0.15, 0.2) is 425 Å². The van der Waals surface area contributed by atoms with Crippen LogP contribution in [-0.4, -0.2) is 11.1 Å². The first kappa shape index (κ1) is 62.4. The summed E-state index contributed by atoms with van der Waals surface area (Å²) in [6.45, 7) is 0. The van der Waals surface area contributed by atoms with Gasteiger partial charge in [0, 0.05) is 0 Å². The number of hydrogen-bond acceptors (Lipinski definition) is 1. The first-order chi connectivity index (χ1) is 36.8. The number of carboxylic acids is 1. The second-order valence-electron chi connectivity index (χ2n) is 14.3. The molecule has 0 spiro atoms. The topological polar surface area (TPSA) is 37.3 Å². The van der Waals surface area contributed by atoms with Crippen LogP contribution in [0.3, 0.4) is 0 Å². The van der Waals surface area contributed by atoms with Gasteiger partial charge in [0.05, 0.1) is 5.92 Å². The zero-order valence-electron chi connectivity index (χ0n) is 42.3. The van der Waals surface area contributed by atoms with Gasteiger partial charge in [0.15, 0.2) is 0 Å². The molecule has 0 radical (unpaired) electrons. The maximum atomic E-state index is 11.7. The van der Waals surface area contributed by atoms with Crippen LogP contribution in [-0.2, 0) is 4.79 Å². The Bertz CT molecular complexity index is 2460. The van der Waals surface area contributed by atoms with E-state index >= 15 is 0 Å². The molecule has 2 nitrogen and oxygen atoms in total. The predicted octanol–water partition coefficient (Wildman–Crippen LogP) is 19.2. The second-order valence-corrected chi connectivity index (χ2v) is 14.3. The fourth-order valence-corrected chi connectivity index (χ4v) is 4.83. The van der Waals surface area contributed by atoms with E-state index < -0.39 is 11.9 Å². The average molecular weight is 969 g/mol. The van der Waals surface area contributed by atoms with E-state index in [1.54, 1.807) is 36.5 Å². The smallest absolute Gasteiger partial charge is 0.314 e. The largest absolute Gasteiger partial charge is 0.481 e. The molecule has 0 atom stereocenters. The van der Waals surface area contributed by atoms with Crippen LogP contribution < -0.4 is 0 Å². The van der Waals surface area contributed by atoms with E-state index in [0.717, 1.165) is 0 Å². The van der Waals surface area contributed by atoms with Crippen molar-refractivity contribution in [1.29, 1.82) is 0 Å². The van der Waals surface area contributed by atoms with Gasteiger partial charge in [-0.3, -0.25) is 4.79 Å². The Morgan fingerprint density at radius 2 is 0.216 bits per heavy atom. The molecule has 2 heteroatoms. The molecule has 0 aromatic heterocycles. The Labute approximate surface area is 444 Å². The normalized spacial score (nSPS) is 16.9. The van der Waals surface area contributed by atoms with E-state index in [1.165, 1.54) is 0 Å². The summed E-state index contributed by atoms with van der Waals surface area (Å²) >= 11 is 0. The summed E-state index contributed by atoms with van der Waals surface area (Å²) in [6.07, 6.45) is 136. The fourth-order valence-electron chi connectivity index (χ4n) is 4.83. The lowest BCUT2D eigenvalue weighted by Gasteiger charge is -1.98. The predicted molar refractivity (Wildman–Crippen MR) is 331 cm³/mol. The van der Waals surface area contributed by atoms with Crippen LogP contribution >= 0.6 is 0 Å². The van der Waals surface area contributed by atoms with Crippen molar-refractivity contribution < 1.29 is 9.90 Å². The molecule has 0 aromatic rings. The second kappa shape index (κ2) is 56.0. The van der Waals surface area contributed by atoms with E-state index in [1.807, 2.05) is 389 Å². The molecule has 0 saturated carbocycles. The first-order valence-corrected chi connectivity index (χ1v) is 24.4. The van der Waals surface area contributed by atoms with Crippen molar-refractivity contribution in [2.45, 2.75) is 0 Å². The van der Waals surface area contributed by atoms with Gasteiger partial charge in [0.1, 0.15) is 0 Å². The van der Waals surface area contributed by atoms with Crippen LogP contribution in [0.25, 0.3) is 0 Å². The molecule has 1 rings (SSSR count). The van der Waals surface area contributed by atoms with Gasteiger partial charge in [-0.15, -0.1) is 0 Å². The van der Waals surface area contributed by atoms with Gasteiger partial charge in [0.2, 0.25) is 0 Å². The van der Waals surface area contributed by atoms with Crippen LogP contribution in [0, 0.1) is 5.92 Å². The highest BCUT2D eigenvalue weighted by Crippen LogP contribution is 2.03. The minimum Gasteiger partial charge on any atom is -0.481 e. The van der Waals surface area contributed by atoms with Gasteiger partial charge in [-0.05, 0) is 0 Å². The average Bonchev–Trinajstić information content (AvgIpc) is 3.40. The number of rotatable bonds is 1. The zero-order valence-corrected chi connectivity index (χ0v) is 42.3. The minimum absolute atomic E-state index is 0.722. The van der Waals surface area contributed by atoms with Crippen LogP contribution in [0.4, 0.5) is 0 Å². The molecular formula is C72H72O2. The number of hydrogen-bond donors (Lipinski definition) is 1. The SMILES string of the molecule is O=C(O)C1C=CC=CC=CC=CC=CC=CC=CC=CC=CC=CC=CC=CC=CC=CC=CC=CC=CC=CC=CC=CC=CC=CC=CC=CC=CC=CC=CC=CC=CC=CC=CC=CC=CC=CC=C1. The van der Waals surface area contributed by atoms with Crippen LogP contribution in [0.2, 0.25) is 0 Å². The zero-order chi connectivity index (χ0) is 52.7. The Hall–Kier alpha value is -9.63. The maximum absolute atomic E-state index is 11.7. The molecule has 0 unspecified atom stereocenters. The Morgan fingerprint density at radius 1 is 0.149 bits per heavy atom. The molecule has 1 N–H and O–H groups in total. The maximum Gasteiger partial charge on any atom is 0.314 e. The first-order valence-electron chi connectivity index (χ1n) is 24.4. The lowest BCUT2D eigenvalue weighted by molar-refractivity contribution is -0.138. The van der Waals surface area contributed by atoms with Crippen LogP contribution in [0.5, 0.6) is 0 Å². The lowest BCUT2D eigenvalue weighted by atomic mass is 10.1. The number of allylic oxidation sites excluding steroid dienone is 68. The summed E-state index contributed by atoms with van der Waals surface area (Å²) in [5.74, 6) is -1.63. The highest BCUT2D eigenvalue weighted by molar-refractivity contribution is 5.74. The van der Waals surface area contributed by atoms with Crippen molar-refractivity contribution in [2.75, 3.05) is 0 Å². The van der Waals surface area contributed by atoms with Gasteiger partial charge >= 0.3 is 5.97 Å². The van der Waals surface area contributed by atoms with Crippen molar-refractivity contribution in [3.8, 4) is 0 Å². The summed E-state index contributed by atoms with van der Waals surface area (Å²) in [4.78, 5) is 11.7. The molecule has 0 bridgehead atoms. The molecule has 372 valence electrons. The Balaban J connectivity index is 2.75. The van der Waals surface area contributed by atoms with Gasteiger partial charge < -0.3 is 5.11 Å². The third-order valence-corrected chi connectivity index (χ3v) is 8.37. The standard InChI is InChI=1S/C72H72O2/c73-72(74)71-69-67-65-63-61-59-57-55-53-51-49-47-45-43-41-39-37-35-33-31-29-27-25-23-21-19-17-15-13-11-9-7-5-3-1-2-4-6-8-10-12-14-16-18-20-22-24-26-28-30-32-34-36-38-40-42-44-46-48-50-52-54-56-58-60-62-64-66-68-70-71/h1-71H,(H,73,74). The van der Waals surface area contributed by atoms with Crippen molar-refractivity contribution in [2.24, 2.45) is 5.92 Å². The van der Waals surface area contributed by atoms with E-state index in [4.69, 9.17) is 0 Å². The molecule has 1 aliphatic rings. The third-order valence-electron chi connectivity index (χ3n) is 8.37. The van der Waals surface area contributed by atoms with Crippen molar-refractivity contribution >= 4 is 5.97 Å². The number of carboxylic acid groups (broad SMARTS) is 1. The number of aliphatic carboxylic acids is 1. The van der Waals surface area contributed by atoms with Crippen molar-refractivity contribution in [1.82, 2.24) is 0 Å². The molecule has 0 amide bonds. The van der Waals surface area contributed by atoms with Crippen molar-refractivity contribution in [3.05, 3.63) is 425 Å². The summed E-state index contributed by atoms with van der Waals surface area (Å²) in [7, 11) is 0. The van der Waals surface area contributed by atoms with E-state index in [9.17, 15) is 9.90 Å². The van der Waals surface area contributed by atoms with Crippen LogP contribution in [0.1, 0.15) is 0 Å². The Kier molecular flexibility index (Phi) is 47.2. The molecule has 1 aliphatic carbocycles. The summed E-state index contributed by atoms with van der Waals surface area (Å²) in [5.41, 5.74) is 0. The van der Waals surface area contributed by atoms with Crippen molar-refractivity contribution in [3.63, 3.8) is 0 Å². The summed E-state index contributed by atoms with van der Waals surface area (Å²) in [6, 6.07) is 0. The minimum atomic E-state index is -0.912. The molecule has 0 saturated heterocycles. The lowest BCUT2D eigenvalue weighted by Crippen LogP contribution is -2.07. The monoisotopic (exact) mass is 969 g/mol.